The highest BCUT2D eigenvalue weighted by molar-refractivity contribution is 9.09. The molecule has 0 amide bonds. The van der Waals surface area contributed by atoms with E-state index in [9.17, 15) is 4.39 Å². The second-order valence-electron chi connectivity index (χ2n) is 2.98. The van der Waals surface area contributed by atoms with Crippen LogP contribution in [0.2, 0.25) is 0 Å². The van der Waals surface area contributed by atoms with Crippen LogP contribution in [0.25, 0.3) is 0 Å². The molecule has 1 heterocycles. The maximum atomic E-state index is 12.8. The van der Waals surface area contributed by atoms with Gasteiger partial charge in [0, 0.05) is 18.4 Å². The zero-order valence-electron chi connectivity index (χ0n) is 6.56. The molecular weight excluding hydrogens is 211 g/mol. The number of rotatable bonds is 3. The molecule has 1 fully saturated rings. The van der Waals surface area contributed by atoms with E-state index in [1.807, 2.05) is 0 Å². The molecule has 0 aromatic carbocycles. The predicted molar refractivity (Wildman–Crippen MR) is 46.9 cm³/mol. The lowest BCUT2D eigenvalue weighted by Crippen LogP contribution is -2.23. The normalized spacial score (nSPS) is 28.4. The summed E-state index contributed by atoms with van der Waals surface area (Å²) >= 11 is 3.11. The molecule has 1 saturated heterocycles. The van der Waals surface area contributed by atoms with Gasteiger partial charge in [0.1, 0.15) is 6.17 Å². The Morgan fingerprint density at radius 3 is 2.91 bits per heavy atom. The van der Waals surface area contributed by atoms with E-state index in [0.717, 1.165) is 19.4 Å². The van der Waals surface area contributed by atoms with Crippen molar-refractivity contribution in [1.29, 1.82) is 0 Å². The molecule has 11 heavy (non-hydrogen) atoms. The maximum Gasteiger partial charge on any atom is 0.112 e. The summed E-state index contributed by atoms with van der Waals surface area (Å²) in [5.74, 6) is 0. The van der Waals surface area contributed by atoms with Crippen LogP contribution in [0.4, 0.5) is 4.39 Å². The lowest BCUT2D eigenvalue weighted by atomic mass is 10.0. The van der Waals surface area contributed by atoms with Crippen molar-refractivity contribution < 1.29 is 9.13 Å². The zero-order valence-corrected chi connectivity index (χ0v) is 8.15. The molecule has 3 heteroatoms. The molecule has 2 atom stereocenters. The highest BCUT2D eigenvalue weighted by Gasteiger charge is 2.17. The Balaban J connectivity index is 2.13. The first-order chi connectivity index (χ1) is 5.33. The van der Waals surface area contributed by atoms with Gasteiger partial charge in [-0.25, -0.2) is 4.39 Å². The first kappa shape index (κ1) is 9.46. The van der Waals surface area contributed by atoms with Crippen LogP contribution in [0.1, 0.15) is 25.7 Å². The Morgan fingerprint density at radius 2 is 2.36 bits per heavy atom. The Morgan fingerprint density at radius 1 is 1.55 bits per heavy atom. The number of alkyl halides is 2. The van der Waals surface area contributed by atoms with Gasteiger partial charge in [-0.1, -0.05) is 15.9 Å². The van der Waals surface area contributed by atoms with E-state index in [1.54, 1.807) is 0 Å². The fraction of sp³-hybridized carbons (Fsp3) is 1.00. The Labute approximate surface area is 75.4 Å². The quantitative estimate of drug-likeness (QED) is 0.671. The minimum absolute atomic E-state index is 0.177. The van der Waals surface area contributed by atoms with E-state index in [-0.39, 0.29) is 6.10 Å². The van der Waals surface area contributed by atoms with Crippen molar-refractivity contribution in [2.24, 2.45) is 0 Å². The fourth-order valence-corrected chi connectivity index (χ4v) is 1.61. The monoisotopic (exact) mass is 224 g/mol. The van der Waals surface area contributed by atoms with Gasteiger partial charge in [0.2, 0.25) is 0 Å². The molecule has 1 nitrogen and oxygen atoms in total. The van der Waals surface area contributed by atoms with Gasteiger partial charge >= 0.3 is 0 Å². The summed E-state index contributed by atoms with van der Waals surface area (Å²) in [4.78, 5) is 0. The third-order valence-electron chi connectivity index (χ3n) is 1.96. The summed E-state index contributed by atoms with van der Waals surface area (Å²) < 4.78 is 18.2. The first-order valence-corrected chi connectivity index (χ1v) is 5.26. The number of halogens is 2. The van der Waals surface area contributed by atoms with Crippen molar-refractivity contribution in [2.75, 3.05) is 11.9 Å². The second-order valence-corrected chi connectivity index (χ2v) is 3.62. The molecule has 1 aliphatic rings. The fourth-order valence-electron chi connectivity index (χ4n) is 1.34. The van der Waals surface area contributed by atoms with E-state index in [0.29, 0.717) is 11.8 Å². The predicted octanol–water partition coefficient (Wildman–Crippen LogP) is 2.68. The van der Waals surface area contributed by atoms with Crippen molar-refractivity contribution in [1.82, 2.24) is 0 Å². The standard InChI is InChI=1S/C8H14BrFO/c9-6-7(10)5-8-3-1-2-4-11-8/h7-8H,1-6H2/t7-,8+/m1/s1. The first-order valence-electron chi connectivity index (χ1n) is 4.14. The van der Waals surface area contributed by atoms with Gasteiger partial charge in [0.25, 0.3) is 0 Å². The highest BCUT2D eigenvalue weighted by atomic mass is 79.9. The summed E-state index contributed by atoms with van der Waals surface area (Å²) in [5.41, 5.74) is 0. The molecule has 0 radical (unpaired) electrons. The molecule has 0 saturated carbocycles. The van der Waals surface area contributed by atoms with E-state index in [1.165, 1.54) is 6.42 Å². The summed E-state index contributed by atoms with van der Waals surface area (Å²) in [6, 6.07) is 0. The van der Waals surface area contributed by atoms with E-state index >= 15 is 0 Å². The van der Waals surface area contributed by atoms with Crippen LogP contribution in [-0.2, 0) is 4.74 Å². The minimum atomic E-state index is -0.738. The van der Waals surface area contributed by atoms with Crippen LogP contribution in [0.5, 0.6) is 0 Å². The molecule has 0 aromatic heterocycles. The molecule has 0 spiro atoms. The molecule has 66 valence electrons. The van der Waals surface area contributed by atoms with Crippen LogP contribution < -0.4 is 0 Å². The SMILES string of the molecule is F[C@@H](CBr)C[C@@H]1CCCCO1. The third kappa shape index (κ3) is 3.52. The zero-order chi connectivity index (χ0) is 8.10. The van der Waals surface area contributed by atoms with Gasteiger partial charge in [0.05, 0.1) is 6.10 Å². The second kappa shape index (κ2) is 5.09. The minimum Gasteiger partial charge on any atom is -0.378 e. The number of hydrogen-bond acceptors (Lipinski definition) is 1. The maximum absolute atomic E-state index is 12.8. The van der Waals surface area contributed by atoms with Crippen molar-refractivity contribution in [3.8, 4) is 0 Å². The van der Waals surface area contributed by atoms with Gasteiger partial charge in [-0.2, -0.15) is 0 Å². The van der Waals surface area contributed by atoms with Crippen LogP contribution in [-0.4, -0.2) is 24.2 Å². The van der Waals surface area contributed by atoms with E-state index in [2.05, 4.69) is 15.9 Å². The van der Waals surface area contributed by atoms with Crippen molar-refractivity contribution in [3.05, 3.63) is 0 Å². The Bertz CT molecular complexity index is 104. The van der Waals surface area contributed by atoms with Gasteiger partial charge in [-0.15, -0.1) is 0 Å². The molecule has 1 aliphatic heterocycles. The molecule has 0 aliphatic carbocycles. The van der Waals surface area contributed by atoms with Crippen molar-refractivity contribution >= 4 is 15.9 Å². The summed E-state index contributed by atoms with van der Waals surface area (Å²) in [6.07, 6.45) is 3.37. The lowest BCUT2D eigenvalue weighted by molar-refractivity contribution is 0.0000546. The van der Waals surface area contributed by atoms with Crippen molar-refractivity contribution in [2.45, 2.75) is 38.0 Å². The number of ether oxygens (including phenoxy) is 1. The topological polar surface area (TPSA) is 9.23 Å². The smallest absolute Gasteiger partial charge is 0.112 e. The van der Waals surface area contributed by atoms with Crippen LogP contribution in [0.3, 0.4) is 0 Å². The molecule has 0 N–H and O–H groups in total. The molecular formula is C8H14BrFO. The largest absolute Gasteiger partial charge is 0.378 e. The molecule has 0 unspecified atom stereocenters. The summed E-state index contributed by atoms with van der Waals surface area (Å²) in [7, 11) is 0. The average molecular weight is 225 g/mol. The molecule has 0 aromatic rings. The van der Waals surface area contributed by atoms with Crippen LogP contribution in [0.15, 0.2) is 0 Å². The third-order valence-corrected chi connectivity index (χ3v) is 2.66. The van der Waals surface area contributed by atoms with Gasteiger partial charge in [-0.05, 0) is 19.3 Å². The number of hydrogen-bond donors (Lipinski definition) is 0. The van der Waals surface area contributed by atoms with Crippen molar-refractivity contribution in [3.63, 3.8) is 0 Å². The average Bonchev–Trinajstić information content (AvgIpc) is 2.06. The van der Waals surface area contributed by atoms with Gasteiger partial charge < -0.3 is 4.74 Å². The van der Waals surface area contributed by atoms with Crippen LogP contribution >= 0.6 is 15.9 Å². The highest BCUT2D eigenvalue weighted by Crippen LogP contribution is 2.18. The molecule has 0 bridgehead atoms. The van der Waals surface area contributed by atoms with E-state index < -0.39 is 6.17 Å². The van der Waals surface area contributed by atoms with Gasteiger partial charge in [0.15, 0.2) is 0 Å². The lowest BCUT2D eigenvalue weighted by Gasteiger charge is -2.23. The van der Waals surface area contributed by atoms with Crippen LogP contribution in [0, 0.1) is 0 Å². The molecule has 1 rings (SSSR count). The van der Waals surface area contributed by atoms with Gasteiger partial charge in [-0.3, -0.25) is 0 Å². The summed E-state index contributed by atoms with van der Waals surface area (Å²) in [5, 5.41) is 0.437. The summed E-state index contributed by atoms with van der Waals surface area (Å²) in [6.45, 7) is 0.819. The Kier molecular flexibility index (Phi) is 4.38. The van der Waals surface area contributed by atoms with E-state index in [4.69, 9.17) is 4.74 Å². The Hall–Kier alpha value is 0.370.